The van der Waals surface area contributed by atoms with Gasteiger partial charge in [-0.25, -0.2) is 4.79 Å². The molecule has 176 valence electrons. The molecule has 4 unspecified atom stereocenters. The van der Waals surface area contributed by atoms with E-state index in [0.29, 0.717) is 25.8 Å². The molecule has 0 saturated carbocycles. The van der Waals surface area contributed by atoms with E-state index in [4.69, 9.17) is 27.4 Å². The van der Waals surface area contributed by atoms with Crippen LogP contribution >= 0.6 is 0 Å². The average molecular weight is 446 g/mol. The number of carboxylic acids is 2. The van der Waals surface area contributed by atoms with Gasteiger partial charge in [0.05, 0.1) is 18.9 Å². The molecule has 0 radical (unpaired) electrons. The van der Waals surface area contributed by atoms with E-state index in [1.54, 1.807) is 0 Å². The van der Waals surface area contributed by atoms with Gasteiger partial charge in [0.2, 0.25) is 23.6 Å². The molecule has 14 nitrogen and oxygen atoms in total. The summed E-state index contributed by atoms with van der Waals surface area (Å²) in [6.45, 7) is 1.74. The maximum absolute atomic E-state index is 12.3. The first-order valence-corrected chi connectivity index (χ1v) is 9.48. The number of unbranched alkanes of at least 4 members (excludes halogenated alkanes) is 1. The van der Waals surface area contributed by atoms with Crippen LogP contribution in [0.1, 0.15) is 39.0 Å². The number of nitrogens with two attached hydrogens (primary N) is 3. The van der Waals surface area contributed by atoms with Crippen LogP contribution in [0, 0.1) is 0 Å². The molecule has 0 aromatic heterocycles. The molecule has 0 aliphatic heterocycles. The zero-order chi connectivity index (χ0) is 24.1. The van der Waals surface area contributed by atoms with Gasteiger partial charge in [-0.3, -0.25) is 24.0 Å². The Labute approximate surface area is 178 Å². The number of carbonyl (C=O) groups excluding carboxylic acids is 4. The van der Waals surface area contributed by atoms with E-state index in [-0.39, 0.29) is 0 Å². The number of amides is 4. The van der Waals surface area contributed by atoms with Crippen molar-refractivity contribution in [3.8, 4) is 0 Å². The van der Waals surface area contributed by atoms with Crippen LogP contribution in [0.25, 0.3) is 0 Å². The van der Waals surface area contributed by atoms with Crippen molar-refractivity contribution in [1.82, 2.24) is 16.0 Å². The monoisotopic (exact) mass is 446 g/mol. The van der Waals surface area contributed by atoms with E-state index in [2.05, 4.69) is 10.6 Å². The highest BCUT2D eigenvalue weighted by Gasteiger charge is 2.30. The van der Waals surface area contributed by atoms with Crippen LogP contribution in [0.2, 0.25) is 0 Å². The topological polar surface area (TPSA) is 257 Å². The lowest BCUT2D eigenvalue weighted by atomic mass is 10.1. The molecule has 0 spiro atoms. The van der Waals surface area contributed by atoms with Crippen molar-refractivity contribution in [3.05, 3.63) is 0 Å². The van der Waals surface area contributed by atoms with E-state index in [9.17, 15) is 28.8 Å². The molecule has 4 atom stereocenters. The SMILES string of the molecule is CC(NC(=O)C(N)CCCCN)C(=O)NC(CC(=O)O)C(=O)NC(CC(N)=O)C(=O)O. The smallest absolute Gasteiger partial charge is 0.326 e. The Balaban J connectivity index is 5.05. The summed E-state index contributed by atoms with van der Waals surface area (Å²) in [7, 11) is 0. The Hall–Kier alpha value is -3.26. The summed E-state index contributed by atoms with van der Waals surface area (Å²) in [5, 5.41) is 24.4. The molecule has 0 rings (SSSR count). The molecule has 31 heavy (non-hydrogen) atoms. The van der Waals surface area contributed by atoms with E-state index in [1.165, 1.54) is 6.92 Å². The van der Waals surface area contributed by atoms with Crippen molar-refractivity contribution in [1.29, 1.82) is 0 Å². The number of hydrogen-bond donors (Lipinski definition) is 8. The number of rotatable bonds is 15. The van der Waals surface area contributed by atoms with Crippen LogP contribution in [-0.2, 0) is 28.8 Å². The molecule has 0 aromatic rings. The number of primary amides is 1. The van der Waals surface area contributed by atoms with Gasteiger partial charge in [-0.2, -0.15) is 0 Å². The van der Waals surface area contributed by atoms with Crippen molar-refractivity contribution in [2.24, 2.45) is 17.2 Å². The van der Waals surface area contributed by atoms with Gasteiger partial charge >= 0.3 is 11.9 Å². The van der Waals surface area contributed by atoms with Crippen LogP contribution in [0.15, 0.2) is 0 Å². The van der Waals surface area contributed by atoms with Gasteiger partial charge < -0.3 is 43.4 Å². The summed E-state index contributed by atoms with van der Waals surface area (Å²) in [4.78, 5) is 69.7. The maximum Gasteiger partial charge on any atom is 0.326 e. The molecule has 0 aliphatic rings. The van der Waals surface area contributed by atoms with Crippen LogP contribution in [0.5, 0.6) is 0 Å². The van der Waals surface area contributed by atoms with E-state index in [0.717, 1.165) is 0 Å². The lowest BCUT2D eigenvalue weighted by Crippen LogP contribution is -2.57. The van der Waals surface area contributed by atoms with Crippen molar-refractivity contribution in [2.75, 3.05) is 6.54 Å². The summed E-state index contributed by atoms with van der Waals surface area (Å²) in [5.41, 5.74) is 16.0. The molecular formula is C17H30N6O8. The normalized spacial score (nSPS) is 14.4. The zero-order valence-electron chi connectivity index (χ0n) is 17.1. The molecule has 0 saturated heterocycles. The highest BCUT2D eigenvalue weighted by Crippen LogP contribution is 2.01. The van der Waals surface area contributed by atoms with E-state index < -0.39 is 72.6 Å². The Bertz CT molecular complexity index is 686. The number of aliphatic carboxylic acids is 2. The van der Waals surface area contributed by atoms with Crippen LogP contribution < -0.4 is 33.2 Å². The van der Waals surface area contributed by atoms with Crippen LogP contribution in [-0.4, -0.2) is 76.5 Å². The van der Waals surface area contributed by atoms with E-state index >= 15 is 0 Å². The number of hydrogen-bond acceptors (Lipinski definition) is 8. The minimum atomic E-state index is -1.71. The molecular weight excluding hydrogens is 416 g/mol. The molecule has 0 bridgehead atoms. The largest absolute Gasteiger partial charge is 0.481 e. The molecule has 0 heterocycles. The lowest BCUT2D eigenvalue weighted by molar-refractivity contribution is -0.144. The average Bonchev–Trinajstić information content (AvgIpc) is 2.65. The summed E-state index contributed by atoms with van der Waals surface area (Å²) in [6.07, 6.45) is 0.0274. The van der Waals surface area contributed by atoms with Gasteiger partial charge in [0.1, 0.15) is 18.1 Å². The highest BCUT2D eigenvalue weighted by molar-refractivity contribution is 5.96. The van der Waals surface area contributed by atoms with Crippen LogP contribution in [0.3, 0.4) is 0 Å². The predicted octanol–water partition coefficient (Wildman–Crippen LogP) is -3.65. The fraction of sp³-hybridized carbons (Fsp3) is 0.647. The van der Waals surface area contributed by atoms with Gasteiger partial charge in [0, 0.05) is 0 Å². The van der Waals surface area contributed by atoms with Crippen molar-refractivity contribution in [3.63, 3.8) is 0 Å². The number of carboxylic acid groups (broad SMARTS) is 2. The van der Waals surface area contributed by atoms with Gasteiger partial charge in [-0.05, 0) is 26.3 Å². The van der Waals surface area contributed by atoms with Gasteiger partial charge in [-0.15, -0.1) is 0 Å². The van der Waals surface area contributed by atoms with Crippen molar-refractivity contribution < 1.29 is 39.0 Å². The maximum atomic E-state index is 12.3. The lowest BCUT2D eigenvalue weighted by Gasteiger charge is -2.22. The standard InChI is InChI=1S/C17H30N6O8/c1-8(21-15(28)9(19)4-2-3-5-18)14(27)22-10(7-13(25)26)16(29)23-11(17(30)31)6-12(20)24/h8-11H,2-7,18-19H2,1H3,(H2,20,24)(H,21,28)(H,22,27)(H,23,29)(H,25,26)(H,30,31). The third-order valence-electron chi connectivity index (χ3n) is 4.09. The molecule has 0 fully saturated rings. The van der Waals surface area contributed by atoms with Crippen molar-refractivity contribution in [2.45, 2.75) is 63.2 Å². The first kappa shape index (κ1) is 27.7. The number of nitrogens with one attached hydrogen (secondary N) is 3. The minimum Gasteiger partial charge on any atom is -0.481 e. The second-order valence-electron chi connectivity index (χ2n) is 6.85. The molecule has 0 aliphatic carbocycles. The summed E-state index contributed by atoms with van der Waals surface area (Å²) in [5.74, 6) is -6.71. The molecule has 4 amide bonds. The first-order chi connectivity index (χ1) is 14.4. The Morgan fingerprint density at radius 3 is 1.90 bits per heavy atom. The minimum absolute atomic E-state index is 0.345. The third kappa shape index (κ3) is 11.5. The quantitative estimate of drug-likeness (QED) is 0.114. The summed E-state index contributed by atoms with van der Waals surface area (Å²) in [6, 6.07) is -5.43. The molecule has 11 N–H and O–H groups in total. The second-order valence-corrected chi connectivity index (χ2v) is 6.85. The van der Waals surface area contributed by atoms with Gasteiger partial charge in [-0.1, -0.05) is 6.42 Å². The fourth-order valence-corrected chi connectivity index (χ4v) is 2.38. The zero-order valence-corrected chi connectivity index (χ0v) is 17.1. The summed E-state index contributed by atoms with van der Waals surface area (Å²) < 4.78 is 0. The highest BCUT2D eigenvalue weighted by atomic mass is 16.4. The first-order valence-electron chi connectivity index (χ1n) is 9.48. The fourth-order valence-electron chi connectivity index (χ4n) is 2.38. The molecule has 14 heteroatoms. The Kier molecular flexibility index (Phi) is 12.4. The Morgan fingerprint density at radius 2 is 1.42 bits per heavy atom. The van der Waals surface area contributed by atoms with Crippen molar-refractivity contribution >= 4 is 35.6 Å². The van der Waals surface area contributed by atoms with Gasteiger partial charge in [0.25, 0.3) is 0 Å². The third-order valence-corrected chi connectivity index (χ3v) is 4.09. The predicted molar refractivity (Wildman–Crippen MR) is 106 cm³/mol. The van der Waals surface area contributed by atoms with Crippen LogP contribution in [0.4, 0.5) is 0 Å². The number of carbonyl (C=O) groups is 6. The second kappa shape index (κ2) is 13.9. The van der Waals surface area contributed by atoms with Gasteiger partial charge in [0.15, 0.2) is 0 Å². The van der Waals surface area contributed by atoms with E-state index in [1.807, 2.05) is 5.32 Å². The molecule has 0 aromatic carbocycles. The Morgan fingerprint density at radius 1 is 0.839 bits per heavy atom. The summed E-state index contributed by atoms with van der Waals surface area (Å²) >= 11 is 0.